The van der Waals surface area contributed by atoms with Gasteiger partial charge in [0.25, 0.3) is 0 Å². The fourth-order valence-electron chi connectivity index (χ4n) is 8.14. The molecule has 0 aliphatic heterocycles. The van der Waals surface area contributed by atoms with Gasteiger partial charge in [0, 0.05) is 34.5 Å². The predicted octanol–water partition coefficient (Wildman–Crippen LogP) is 8.19. The molecule has 1 saturated carbocycles. The summed E-state index contributed by atoms with van der Waals surface area (Å²) in [7, 11) is -3.61. The molecule has 4 unspecified atom stereocenters. The van der Waals surface area contributed by atoms with E-state index in [4.69, 9.17) is 0 Å². The molecule has 0 amide bonds. The van der Waals surface area contributed by atoms with Crippen molar-refractivity contribution < 1.29 is 23.4 Å². The Hall–Kier alpha value is -3.40. The minimum atomic E-state index is -3.61. The Morgan fingerprint density at radius 1 is 0.960 bits per heavy atom. The summed E-state index contributed by atoms with van der Waals surface area (Å²) in [4.78, 5) is 15.6. The van der Waals surface area contributed by atoms with Crippen LogP contribution >= 0.6 is 11.3 Å². The minimum Gasteiger partial charge on any atom is -0.393 e. The van der Waals surface area contributed by atoms with Crippen LogP contribution in [0.5, 0.6) is 0 Å². The Morgan fingerprint density at radius 3 is 2.40 bits per heavy atom. The molecule has 6 nitrogen and oxygen atoms in total. The maximum Gasteiger partial charge on any atom is 0.211 e. The summed E-state index contributed by atoms with van der Waals surface area (Å²) in [6, 6.07) is 27.7. The number of aliphatic hydroxyl groups is 2. The second kappa shape index (κ2) is 15.1. The summed E-state index contributed by atoms with van der Waals surface area (Å²) in [6.45, 7) is 4.48. The van der Waals surface area contributed by atoms with Crippen molar-refractivity contribution in [1.82, 2.24) is 4.31 Å². The normalized spacial score (nSPS) is 24.5. The fourth-order valence-corrected chi connectivity index (χ4v) is 9.71. The average molecular weight is 712 g/mol. The van der Waals surface area contributed by atoms with Gasteiger partial charge in [-0.25, -0.2) is 8.42 Å². The standard InChI is InChI=1S/C42H49NO5S2/c1-30-9-7-23-41(2)39(21-24-42(41,46)29-43(50(3,47)48)25-22-36-12-8-26-49-36)37-20-14-31(27-35(44)19-13-30)28-38(37)40(45)34-17-15-33(16-18-34)32-10-5-4-6-11-32/h4-6,8-12,14-18,20,26,28,35,39,44,46H,7,13,19,21-25,27,29H2,1-3H3. The lowest BCUT2D eigenvalue weighted by atomic mass is 9.64. The van der Waals surface area contributed by atoms with E-state index in [9.17, 15) is 23.4 Å². The number of carbonyl (C=O) groups is 1. The molecule has 1 aromatic heterocycles. The summed E-state index contributed by atoms with van der Waals surface area (Å²) < 4.78 is 27.8. The molecule has 1 fully saturated rings. The van der Waals surface area contributed by atoms with E-state index < -0.39 is 27.1 Å². The molecule has 0 radical (unpaired) electrons. The lowest BCUT2D eigenvalue weighted by Gasteiger charge is -2.45. The lowest BCUT2D eigenvalue weighted by molar-refractivity contribution is -0.0722. The molecule has 7 rings (SSSR count). The zero-order valence-corrected chi connectivity index (χ0v) is 31.0. The van der Waals surface area contributed by atoms with Gasteiger partial charge in [-0.15, -0.1) is 11.3 Å². The van der Waals surface area contributed by atoms with E-state index in [1.807, 2.05) is 90.3 Å². The van der Waals surface area contributed by atoms with Crippen molar-refractivity contribution in [3.8, 4) is 11.1 Å². The van der Waals surface area contributed by atoms with Crippen molar-refractivity contribution >= 4 is 27.1 Å². The first-order valence-corrected chi connectivity index (χ1v) is 20.5. The van der Waals surface area contributed by atoms with Crippen LogP contribution in [0.3, 0.4) is 0 Å². The SMILES string of the molecule is CC1=CCCC2(C)C(CCC2(O)CN(CCc2cccs2)S(C)(=O)=O)c2ccc(cc2C(=O)c2ccc(-c3ccccc3)cc2)CC(O)CC1. The van der Waals surface area contributed by atoms with Crippen molar-refractivity contribution in [2.24, 2.45) is 5.41 Å². The lowest BCUT2D eigenvalue weighted by Crippen LogP contribution is -2.54. The predicted molar refractivity (Wildman–Crippen MR) is 203 cm³/mol. The Labute approximate surface area is 301 Å². The summed E-state index contributed by atoms with van der Waals surface area (Å²) in [6.07, 6.45) is 7.66. The Kier molecular flexibility index (Phi) is 11.0. The van der Waals surface area contributed by atoms with Gasteiger partial charge in [0.15, 0.2) is 5.78 Å². The quantitative estimate of drug-likeness (QED) is 0.135. The van der Waals surface area contributed by atoms with Crippen LogP contribution in [0.25, 0.3) is 11.1 Å². The minimum absolute atomic E-state index is 0.00140. The molecule has 3 aliphatic carbocycles. The molecule has 0 saturated heterocycles. The van der Waals surface area contributed by atoms with E-state index in [2.05, 4.69) is 19.9 Å². The number of ketones is 1. The molecule has 2 bridgehead atoms. The van der Waals surface area contributed by atoms with Gasteiger partial charge in [-0.3, -0.25) is 4.79 Å². The molecule has 3 aliphatic rings. The van der Waals surface area contributed by atoms with Gasteiger partial charge < -0.3 is 10.2 Å². The second-order valence-electron chi connectivity index (χ2n) is 14.6. The highest BCUT2D eigenvalue weighted by molar-refractivity contribution is 7.88. The number of thiophene rings is 1. The molecular formula is C42H49NO5S2. The number of aliphatic hydroxyl groups excluding tert-OH is 1. The monoisotopic (exact) mass is 711 g/mol. The fraction of sp³-hybridized carbons (Fsp3) is 0.405. The van der Waals surface area contributed by atoms with Gasteiger partial charge in [0.1, 0.15) is 0 Å². The van der Waals surface area contributed by atoms with Crippen LogP contribution in [0.1, 0.15) is 90.2 Å². The van der Waals surface area contributed by atoms with E-state index in [-0.39, 0.29) is 18.2 Å². The van der Waals surface area contributed by atoms with E-state index in [0.717, 1.165) is 33.6 Å². The van der Waals surface area contributed by atoms with Crippen LogP contribution in [0, 0.1) is 5.41 Å². The number of benzene rings is 3. The number of rotatable bonds is 9. The molecule has 3 aromatic carbocycles. The molecule has 1 heterocycles. The zero-order chi connectivity index (χ0) is 35.5. The number of hydrogen-bond acceptors (Lipinski definition) is 6. The average Bonchev–Trinajstić information content (AvgIpc) is 3.71. The smallest absolute Gasteiger partial charge is 0.211 e. The number of fused-ring (bicyclic) bond motifs is 8. The number of allylic oxidation sites excluding steroid dienone is 2. The van der Waals surface area contributed by atoms with Gasteiger partial charge in [0.2, 0.25) is 10.0 Å². The number of carbonyl (C=O) groups excluding carboxylic acids is 1. The number of hydrogen-bond donors (Lipinski definition) is 2. The number of sulfonamides is 1. The van der Waals surface area contributed by atoms with Gasteiger partial charge in [-0.2, -0.15) is 4.31 Å². The molecule has 2 N–H and O–H groups in total. The van der Waals surface area contributed by atoms with Gasteiger partial charge in [0.05, 0.1) is 18.0 Å². The van der Waals surface area contributed by atoms with Gasteiger partial charge in [-0.1, -0.05) is 91.4 Å². The largest absolute Gasteiger partial charge is 0.393 e. The highest BCUT2D eigenvalue weighted by Crippen LogP contribution is 2.59. The summed E-state index contributed by atoms with van der Waals surface area (Å²) in [5, 5.41) is 25.7. The van der Waals surface area contributed by atoms with Gasteiger partial charge >= 0.3 is 0 Å². The van der Waals surface area contributed by atoms with Crippen LogP contribution < -0.4 is 0 Å². The summed E-state index contributed by atoms with van der Waals surface area (Å²) in [5.74, 6) is -0.283. The van der Waals surface area contributed by atoms with Crippen molar-refractivity contribution in [3.05, 3.63) is 129 Å². The first-order chi connectivity index (χ1) is 23.9. The van der Waals surface area contributed by atoms with E-state index in [0.29, 0.717) is 62.6 Å². The molecule has 50 heavy (non-hydrogen) atoms. The molecule has 4 aromatic rings. The van der Waals surface area contributed by atoms with Crippen molar-refractivity contribution in [2.45, 2.75) is 82.8 Å². The molecule has 4 atom stereocenters. The molecular weight excluding hydrogens is 663 g/mol. The molecule has 264 valence electrons. The highest BCUT2D eigenvalue weighted by atomic mass is 32.2. The highest BCUT2D eigenvalue weighted by Gasteiger charge is 2.57. The maximum absolute atomic E-state index is 14.5. The van der Waals surface area contributed by atoms with Crippen LogP contribution in [-0.2, 0) is 22.9 Å². The van der Waals surface area contributed by atoms with E-state index in [1.54, 1.807) is 11.3 Å². The van der Waals surface area contributed by atoms with Crippen LogP contribution in [0.4, 0.5) is 0 Å². The van der Waals surface area contributed by atoms with E-state index >= 15 is 0 Å². The third-order valence-corrected chi connectivity index (χ3v) is 13.5. The topological polar surface area (TPSA) is 94.9 Å². The third-order valence-electron chi connectivity index (χ3n) is 11.3. The zero-order valence-electron chi connectivity index (χ0n) is 29.3. The maximum atomic E-state index is 14.5. The Morgan fingerprint density at radius 2 is 1.70 bits per heavy atom. The van der Waals surface area contributed by atoms with Crippen LogP contribution in [0.2, 0.25) is 0 Å². The second-order valence-corrected chi connectivity index (χ2v) is 17.7. The first kappa shape index (κ1) is 36.4. The van der Waals surface area contributed by atoms with Crippen molar-refractivity contribution in [3.63, 3.8) is 0 Å². The number of nitrogens with zero attached hydrogens (tertiary/aromatic N) is 1. The van der Waals surface area contributed by atoms with E-state index in [1.165, 1.54) is 16.1 Å². The third kappa shape index (κ3) is 7.90. The van der Waals surface area contributed by atoms with Crippen molar-refractivity contribution in [2.75, 3.05) is 19.3 Å². The summed E-state index contributed by atoms with van der Waals surface area (Å²) in [5.41, 5.74) is 4.19. The van der Waals surface area contributed by atoms with Crippen molar-refractivity contribution in [1.29, 1.82) is 0 Å². The molecule has 8 heteroatoms. The van der Waals surface area contributed by atoms with Gasteiger partial charge in [-0.05, 0) is 104 Å². The van der Waals surface area contributed by atoms with Crippen LogP contribution in [-0.4, -0.2) is 59.8 Å². The first-order valence-electron chi connectivity index (χ1n) is 17.7. The Bertz CT molecular complexity index is 1920. The molecule has 0 spiro atoms. The summed E-state index contributed by atoms with van der Waals surface area (Å²) >= 11 is 1.60. The van der Waals surface area contributed by atoms with Crippen LogP contribution in [0.15, 0.2) is 102 Å². The Balaban J connectivity index is 1.40.